The minimum absolute atomic E-state index is 0.0442. The molecule has 0 fully saturated rings. The fourth-order valence-corrected chi connectivity index (χ4v) is 2.42. The van der Waals surface area contributed by atoms with E-state index < -0.39 is 11.9 Å². The lowest BCUT2D eigenvalue weighted by Crippen LogP contribution is -2.38. The molecule has 0 N–H and O–H groups in total. The van der Waals surface area contributed by atoms with Crippen molar-refractivity contribution in [2.45, 2.75) is 0 Å². The lowest BCUT2D eigenvalue weighted by atomic mass is 10.1. The van der Waals surface area contributed by atoms with Gasteiger partial charge in [0.2, 0.25) is 0 Å². The molecule has 0 bridgehead atoms. The number of rotatable bonds is 4. The average molecular weight is 342 g/mol. The van der Waals surface area contributed by atoms with Gasteiger partial charge < -0.3 is 23.8 Å². The number of methoxy groups -OCH3 is 3. The molecule has 0 unspecified atom stereocenters. The normalized spacial score (nSPS) is 14.5. The Balaban J connectivity index is 2.52. The summed E-state index contributed by atoms with van der Waals surface area (Å²) in [5.41, 5.74) is 0.696. The maximum absolute atomic E-state index is 12.1. The first-order valence-electron chi connectivity index (χ1n) is 6.62. The molecule has 2 rings (SSSR count). The first kappa shape index (κ1) is 17.1. The molecule has 7 nitrogen and oxygen atoms in total. The van der Waals surface area contributed by atoms with Crippen LogP contribution in [-0.2, 0) is 23.8 Å². The van der Waals surface area contributed by atoms with E-state index in [1.807, 2.05) is 0 Å². The number of nitrogens with zero attached hydrogens (tertiary/aromatic N) is 1. The first-order valence-corrected chi connectivity index (χ1v) is 6.99. The van der Waals surface area contributed by atoms with Crippen LogP contribution in [0.2, 0.25) is 5.02 Å². The minimum Gasteiger partial charge on any atom is -0.495 e. The van der Waals surface area contributed by atoms with Gasteiger partial charge in [-0.3, -0.25) is 0 Å². The van der Waals surface area contributed by atoms with E-state index in [9.17, 15) is 9.59 Å². The van der Waals surface area contributed by atoms with Gasteiger partial charge in [0.15, 0.2) is 0 Å². The average Bonchev–Trinajstić information content (AvgIpc) is 2.59. The van der Waals surface area contributed by atoms with Crippen molar-refractivity contribution >= 4 is 29.2 Å². The van der Waals surface area contributed by atoms with Crippen molar-refractivity contribution in [1.29, 1.82) is 0 Å². The van der Waals surface area contributed by atoms with E-state index in [1.165, 1.54) is 26.2 Å². The summed E-state index contributed by atoms with van der Waals surface area (Å²) in [7, 11) is 3.96. The van der Waals surface area contributed by atoms with Crippen molar-refractivity contribution in [3.8, 4) is 5.75 Å². The molecular weight excluding hydrogens is 326 g/mol. The van der Waals surface area contributed by atoms with Gasteiger partial charge in [0.1, 0.15) is 18.2 Å². The zero-order chi connectivity index (χ0) is 17.0. The van der Waals surface area contributed by atoms with E-state index in [0.717, 1.165) is 0 Å². The van der Waals surface area contributed by atoms with Gasteiger partial charge in [-0.25, -0.2) is 9.59 Å². The highest BCUT2D eigenvalue weighted by Crippen LogP contribution is 2.33. The molecule has 0 aliphatic carbocycles. The van der Waals surface area contributed by atoms with Gasteiger partial charge in [-0.15, -0.1) is 0 Å². The van der Waals surface area contributed by atoms with Crippen LogP contribution in [0.1, 0.15) is 0 Å². The molecule has 0 radical (unpaired) electrons. The fraction of sp³-hybridized carbons (Fsp3) is 0.333. The smallest absolute Gasteiger partial charge is 0.355 e. The molecule has 1 aliphatic rings. The lowest BCUT2D eigenvalue weighted by Gasteiger charge is -2.31. The number of ether oxygens (including phenoxy) is 4. The molecule has 8 heteroatoms. The molecule has 0 atom stereocenters. The molecule has 1 aromatic carbocycles. The third-order valence-corrected chi connectivity index (χ3v) is 3.58. The van der Waals surface area contributed by atoms with Crippen LogP contribution in [0.3, 0.4) is 0 Å². The number of carbonyl (C=O) groups is 2. The Hall–Kier alpha value is -2.25. The topological polar surface area (TPSA) is 74.3 Å². The van der Waals surface area contributed by atoms with E-state index >= 15 is 0 Å². The third kappa shape index (κ3) is 3.40. The number of hydrogen-bond donors (Lipinski definition) is 0. The second-order valence-corrected chi connectivity index (χ2v) is 4.94. The highest BCUT2D eigenvalue weighted by atomic mass is 35.5. The SMILES string of the molecule is COC(=O)C1=C(C(=O)OC)N(c2ccc(OC)c(Cl)c2)COC1. The van der Waals surface area contributed by atoms with Gasteiger partial charge in [0, 0.05) is 5.69 Å². The third-order valence-electron chi connectivity index (χ3n) is 3.28. The van der Waals surface area contributed by atoms with Crippen molar-refractivity contribution in [2.75, 3.05) is 39.6 Å². The van der Waals surface area contributed by atoms with Gasteiger partial charge >= 0.3 is 11.9 Å². The summed E-state index contributed by atoms with van der Waals surface area (Å²) in [6.45, 7) is 0.0189. The predicted octanol–water partition coefficient (Wildman–Crippen LogP) is 1.74. The van der Waals surface area contributed by atoms with E-state index in [1.54, 1.807) is 18.2 Å². The molecule has 0 saturated heterocycles. The number of anilines is 1. The number of hydrogen-bond acceptors (Lipinski definition) is 7. The van der Waals surface area contributed by atoms with Gasteiger partial charge in [-0.2, -0.15) is 0 Å². The second-order valence-electron chi connectivity index (χ2n) is 4.53. The van der Waals surface area contributed by atoms with Crippen LogP contribution >= 0.6 is 11.6 Å². The largest absolute Gasteiger partial charge is 0.495 e. The van der Waals surface area contributed by atoms with Crippen LogP contribution in [0.5, 0.6) is 5.75 Å². The van der Waals surface area contributed by atoms with Crippen molar-refractivity contribution in [3.63, 3.8) is 0 Å². The summed E-state index contributed by atoms with van der Waals surface area (Å²) in [4.78, 5) is 25.5. The van der Waals surface area contributed by atoms with E-state index in [0.29, 0.717) is 16.5 Å². The summed E-state index contributed by atoms with van der Waals surface area (Å²) in [6.07, 6.45) is 0. The quantitative estimate of drug-likeness (QED) is 0.772. The molecule has 1 aliphatic heterocycles. The van der Waals surface area contributed by atoms with Crippen LogP contribution in [-0.4, -0.2) is 46.6 Å². The summed E-state index contributed by atoms with van der Waals surface area (Å²) in [5, 5.41) is 0.361. The Labute approximate surface area is 138 Å². The monoisotopic (exact) mass is 341 g/mol. The lowest BCUT2D eigenvalue weighted by molar-refractivity contribution is -0.140. The summed E-state index contributed by atoms with van der Waals surface area (Å²) < 4.78 is 20.0. The fourth-order valence-electron chi connectivity index (χ4n) is 2.17. The zero-order valence-corrected chi connectivity index (χ0v) is 13.7. The minimum atomic E-state index is -0.666. The van der Waals surface area contributed by atoms with E-state index in [4.69, 9.17) is 30.5 Å². The van der Waals surface area contributed by atoms with Gasteiger partial charge in [-0.1, -0.05) is 11.6 Å². The summed E-state index contributed by atoms with van der Waals surface area (Å²) in [6, 6.07) is 4.95. The zero-order valence-electron chi connectivity index (χ0n) is 12.9. The number of halogens is 1. The van der Waals surface area contributed by atoms with Crippen molar-refractivity contribution in [2.24, 2.45) is 0 Å². The number of esters is 2. The Morgan fingerprint density at radius 1 is 1.17 bits per heavy atom. The Morgan fingerprint density at radius 3 is 2.43 bits per heavy atom. The van der Waals surface area contributed by atoms with Crippen molar-refractivity contribution in [3.05, 3.63) is 34.5 Å². The molecule has 0 amide bonds. The molecule has 0 aromatic heterocycles. The van der Waals surface area contributed by atoms with Gasteiger partial charge in [0.05, 0.1) is 38.5 Å². The molecule has 0 spiro atoms. The summed E-state index contributed by atoms with van der Waals surface area (Å²) in [5.74, 6) is -0.833. The second kappa shape index (κ2) is 7.34. The molecule has 1 heterocycles. The Kier molecular flexibility index (Phi) is 5.46. The van der Waals surface area contributed by atoms with E-state index in [2.05, 4.69) is 0 Å². The Bertz CT molecular complexity index is 657. The van der Waals surface area contributed by atoms with Crippen LogP contribution in [0.15, 0.2) is 29.5 Å². The first-order chi connectivity index (χ1) is 11.0. The highest BCUT2D eigenvalue weighted by Gasteiger charge is 2.32. The van der Waals surface area contributed by atoms with Crippen molar-refractivity contribution in [1.82, 2.24) is 0 Å². The van der Waals surface area contributed by atoms with Gasteiger partial charge in [-0.05, 0) is 18.2 Å². The van der Waals surface area contributed by atoms with Crippen LogP contribution in [0, 0.1) is 0 Å². The number of carbonyl (C=O) groups excluding carboxylic acids is 2. The maximum Gasteiger partial charge on any atom is 0.355 e. The molecule has 1 aromatic rings. The molecule has 23 heavy (non-hydrogen) atoms. The number of benzene rings is 1. The molecule has 124 valence electrons. The predicted molar refractivity (Wildman–Crippen MR) is 82.4 cm³/mol. The Morgan fingerprint density at radius 2 is 1.87 bits per heavy atom. The van der Waals surface area contributed by atoms with E-state index in [-0.39, 0.29) is 24.6 Å². The molecule has 0 saturated carbocycles. The van der Waals surface area contributed by atoms with Crippen molar-refractivity contribution < 1.29 is 28.5 Å². The van der Waals surface area contributed by atoms with Gasteiger partial charge in [0.25, 0.3) is 0 Å². The standard InChI is InChI=1S/C15H16ClNO6/c1-20-12-5-4-9(6-11(12)16)17-8-23-7-10(14(18)21-2)13(17)15(19)22-3/h4-6H,7-8H2,1-3H3. The van der Waals surface area contributed by atoms with Crippen LogP contribution in [0.4, 0.5) is 5.69 Å². The maximum atomic E-state index is 12.1. The van der Waals surface area contributed by atoms with Crippen LogP contribution in [0.25, 0.3) is 0 Å². The highest BCUT2D eigenvalue weighted by molar-refractivity contribution is 6.32. The molecular formula is C15H16ClNO6. The summed E-state index contributed by atoms with van der Waals surface area (Å²) >= 11 is 6.12. The van der Waals surface area contributed by atoms with Crippen LogP contribution < -0.4 is 9.64 Å².